The van der Waals surface area contributed by atoms with E-state index in [1.165, 1.54) is 32.1 Å². The highest BCUT2D eigenvalue weighted by Gasteiger charge is 2.48. The number of ether oxygens (including phenoxy) is 1. The Balaban J connectivity index is 1.19. The fourth-order valence-corrected chi connectivity index (χ4v) is 5.91. The molecule has 6 rings (SSSR count). The molecule has 1 aromatic heterocycles. The molecule has 27 heavy (non-hydrogen) atoms. The average molecular weight is 430 g/mol. The number of carbonyl (C=O) groups is 1. The Labute approximate surface area is 167 Å². The molecule has 0 aliphatic heterocycles. The topological polar surface area (TPSA) is 51.5 Å². The fourth-order valence-electron chi connectivity index (χ4n) is 5.65. The molecule has 4 bridgehead atoms. The Morgan fingerprint density at radius 3 is 2.33 bits per heavy atom. The van der Waals surface area contributed by atoms with Gasteiger partial charge in [-0.05, 0) is 92.2 Å². The van der Waals surface area contributed by atoms with Crippen molar-refractivity contribution in [1.29, 1.82) is 0 Å². The van der Waals surface area contributed by atoms with Crippen LogP contribution in [-0.4, -0.2) is 11.9 Å². The van der Waals surface area contributed by atoms with E-state index in [1.54, 1.807) is 6.07 Å². The first-order valence-corrected chi connectivity index (χ1v) is 10.7. The quantitative estimate of drug-likeness (QED) is 0.712. The number of furan rings is 1. The van der Waals surface area contributed by atoms with E-state index in [-0.39, 0.29) is 5.91 Å². The second kappa shape index (κ2) is 7.01. The molecule has 0 atom stereocenters. The lowest BCUT2D eigenvalue weighted by Crippen LogP contribution is -2.55. The molecule has 142 valence electrons. The monoisotopic (exact) mass is 429 g/mol. The Kier molecular flexibility index (Phi) is 4.50. The number of hydrogen-bond donors (Lipinski definition) is 1. The van der Waals surface area contributed by atoms with Gasteiger partial charge in [-0.1, -0.05) is 15.9 Å². The van der Waals surface area contributed by atoms with Gasteiger partial charge in [0.1, 0.15) is 18.1 Å². The van der Waals surface area contributed by atoms with Gasteiger partial charge in [-0.2, -0.15) is 0 Å². The molecule has 5 heteroatoms. The van der Waals surface area contributed by atoms with Crippen LogP contribution in [0.25, 0.3) is 0 Å². The van der Waals surface area contributed by atoms with Crippen molar-refractivity contribution in [1.82, 2.24) is 5.32 Å². The van der Waals surface area contributed by atoms with Crippen LogP contribution in [0.4, 0.5) is 0 Å². The predicted molar refractivity (Wildman–Crippen MR) is 105 cm³/mol. The van der Waals surface area contributed by atoms with Crippen LogP contribution in [0.3, 0.4) is 0 Å². The van der Waals surface area contributed by atoms with E-state index in [1.807, 2.05) is 30.3 Å². The number of hydrogen-bond acceptors (Lipinski definition) is 3. The van der Waals surface area contributed by atoms with Gasteiger partial charge < -0.3 is 14.5 Å². The summed E-state index contributed by atoms with van der Waals surface area (Å²) in [5.74, 6) is 4.89. The van der Waals surface area contributed by atoms with Gasteiger partial charge in [0, 0.05) is 10.5 Å². The number of nitrogens with one attached hydrogen (secondary N) is 1. The Morgan fingerprint density at radius 1 is 1.00 bits per heavy atom. The highest BCUT2D eigenvalue weighted by molar-refractivity contribution is 9.10. The molecular formula is C22H24BrNO3. The summed E-state index contributed by atoms with van der Waals surface area (Å²) in [4.78, 5) is 12.7. The van der Waals surface area contributed by atoms with E-state index in [9.17, 15) is 4.79 Å². The van der Waals surface area contributed by atoms with Gasteiger partial charge in [0.15, 0.2) is 5.76 Å². The maximum Gasteiger partial charge on any atom is 0.287 e. The molecule has 0 saturated heterocycles. The summed E-state index contributed by atoms with van der Waals surface area (Å²) in [6.07, 6.45) is 6.60. The van der Waals surface area contributed by atoms with E-state index < -0.39 is 0 Å². The molecule has 1 heterocycles. The number of amides is 1. The van der Waals surface area contributed by atoms with E-state index in [4.69, 9.17) is 9.15 Å². The van der Waals surface area contributed by atoms with Crippen molar-refractivity contribution in [3.63, 3.8) is 0 Å². The van der Waals surface area contributed by atoms with Gasteiger partial charge in [-0.3, -0.25) is 4.79 Å². The van der Waals surface area contributed by atoms with Crippen LogP contribution in [0.5, 0.6) is 5.75 Å². The SMILES string of the molecule is O=C(NC1C2CC3CC(C2)CC1C3)c1ccc(COc2ccc(Br)cc2)o1. The second-order valence-electron chi connectivity index (χ2n) is 8.44. The molecule has 1 amide bonds. The van der Waals surface area contributed by atoms with Gasteiger partial charge in [-0.25, -0.2) is 0 Å². The normalized spacial score (nSPS) is 31.1. The van der Waals surface area contributed by atoms with Crippen molar-refractivity contribution in [2.45, 2.75) is 44.8 Å². The van der Waals surface area contributed by atoms with Crippen LogP contribution in [0.1, 0.15) is 48.4 Å². The standard InChI is InChI=1S/C22H24BrNO3/c23-17-1-3-18(4-2-17)26-12-19-5-6-20(27-19)22(25)24-21-15-8-13-7-14(10-15)11-16(21)9-13/h1-6,13-16,21H,7-12H2,(H,24,25). The lowest BCUT2D eigenvalue weighted by atomic mass is 9.54. The van der Waals surface area contributed by atoms with Gasteiger partial charge in [0.2, 0.25) is 0 Å². The molecular weight excluding hydrogens is 406 g/mol. The van der Waals surface area contributed by atoms with Crippen molar-refractivity contribution in [2.75, 3.05) is 0 Å². The summed E-state index contributed by atoms with van der Waals surface area (Å²) in [5.41, 5.74) is 0. The lowest BCUT2D eigenvalue weighted by molar-refractivity contribution is -0.0123. The highest BCUT2D eigenvalue weighted by atomic mass is 79.9. The maximum absolute atomic E-state index is 12.7. The van der Waals surface area contributed by atoms with Gasteiger partial charge >= 0.3 is 0 Å². The molecule has 0 radical (unpaired) electrons. The zero-order chi connectivity index (χ0) is 18.4. The van der Waals surface area contributed by atoms with Crippen LogP contribution in [0.2, 0.25) is 0 Å². The minimum atomic E-state index is -0.0811. The number of carbonyl (C=O) groups excluding carboxylic acids is 1. The summed E-state index contributed by atoms with van der Waals surface area (Å²) < 4.78 is 12.5. The third-order valence-electron chi connectivity index (χ3n) is 6.60. The predicted octanol–water partition coefficient (Wildman–Crippen LogP) is 5.18. The smallest absolute Gasteiger partial charge is 0.287 e. The molecule has 4 aliphatic carbocycles. The first kappa shape index (κ1) is 17.4. The molecule has 2 aromatic rings. The Bertz CT molecular complexity index is 800. The van der Waals surface area contributed by atoms with Gasteiger partial charge in [0.05, 0.1) is 0 Å². The Morgan fingerprint density at radius 2 is 1.67 bits per heavy atom. The minimum Gasteiger partial charge on any atom is -0.486 e. The molecule has 4 nitrogen and oxygen atoms in total. The van der Waals surface area contributed by atoms with Crippen molar-refractivity contribution in [3.8, 4) is 5.75 Å². The maximum atomic E-state index is 12.7. The summed E-state index contributed by atoms with van der Waals surface area (Å²) in [7, 11) is 0. The van der Waals surface area contributed by atoms with Crippen molar-refractivity contribution < 1.29 is 13.9 Å². The van der Waals surface area contributed by atoms with Crippen LogP contribution < -0.4 is 10.1 Å². The fraction of sp³-hybridized carbons (Fsp3) is 0.500. The van der Waals surface area contributed by atoms with Crippen LogP contribution in [-0.2, 0) is 6.61 Å². The van der Waals surface area contributed by atoms with Crippen LogP contribution in [0.15, 0.2) is 45.3 Å². The van der Waals surface area contributed by atoms with E-state index in [2.05, 4.69) is 21.2 Å². The molecule has 1 aromatic carbocycles. The third-order valence-corrected chi connectivity index (χ3v) is 7.13. The lowest BCUT2D eigenvalue weighted by Gasteiger charge is -2.54. The van der Waals surface area contributed by atoms with Crippen molar-refractivity contribution in [2.24, 2.45) is 23.7 Å². The zero-order valence-corrected chi connectivity index (χ0v) is 16.8. The van der Waals surface area contributed by atoms with E-state index in [0.717, 1.165) is 22.1 Å². The van der Waals surface area contributed by atoms with Crippen molar-refractivity contribution >= 4 is 21.8 Å². The summed E-state index contributed by atoms with van der Waals surface area (Å²) in [6.45, 7) is 0.312. The van der Waals surface area contributed by atoms with Gasteiger partial charge in [-0.15, -0.1) is 0 Å². The Hall–Kier alpha value is -1.75. The van der Waals surface area contributed by atoms with Crippen LogP contribution in [0, 0.1) is 23.7 Å². The molecule has 1 N–H and O–H groups in total. The average Bonchev–Trinajstić information content (AvgIpc) is 3.13. The third kappa shape index (κ3) is 3.54. The zero-order valence-electron chi connectivity index (χ0n) is 15.2. The summed E-state index contributed by atoms with van der Waals surface area (Å²) >= 11 is 3.41. The molecule has 4 fully saturated rings. The second-order valence-corrected chi connectivity index (χ2v) is 9.35. The number of rotatable bonds is 5. The van der Waals surface area contributed by atoms with E-state index in [0.29, 0.717) is 36.0 Å². The highest BCUT2D eigenvalue weighted by Crippen LogP contribution is 2.53. The first-order chi connectivity index (χ1) is 13.1. The number of halogens is 1. The number of benzene rings is 1. The van der Waals surface area contributed by atoms with Gasteiger partial charge in [0.25, 0.3) is 5.91 Å². The summed E-state index contributed by atoms with van der Waals surface area (Å²) in [6, 6.07) is 11.6. The van der Waals surface area contributed by atoms with Crippen molar-refractivity contribution in [3.05, 3.63) is 52.4 Å². The molecule has 0 spiro atoms. The molecule has 4 aliphatic rings. The largest absolute Gasteiger partial charge is 0.486 e. The summed E-state index contributed by atoms with van der Waals surface area (Å²) in [5, 5.41) is 3.29. The molecule has 4 saturated carbocycles. The minimum absolute atomic E-state index is 0.0811. The molecule has 0 unspecified atom stereocenters. The first-order valence-electron chi connectivity index (χ1n) is 9.92. The van der Waals surface area contributed by atoms with Crippen LogP contribution >= 0.6 is 15.9 Å². The van der Waals surface area contributed by atoms with E-state index >= 15 is 0 Å².